The number of rotatable bonds is 9. The van der Waals surface area contributed by atoms with Crippen molar-refractivity contribution in [2.24, 2.45) is 5.92 Å². The molecular weight excluding hydrogens is 447 g/mol. The molecule has 0 aliphatic heterocycles. The van der Waals surface area contributed by atoms with Crippen LogP contribution >= 0.6 is 23.4 Å². The van der Waals surface area contributed by atoms with Gasteiger partial charge in [0, 0.05) is 17.3 Å². The number of nitrogens with zero attached hydrogens (tertiary/aromatic N) is 3. The van der Waals surface area contributed by atoms with E-state index in [0.717, 1.165) is 17.7 Å². The summed E-state index contributed by atoms with van der Waals surface area (Å²) in [5.41, 5.74) is 0.988. The molecule has 10 heteroatoms. The molecule has 3 rings (SSSR count). The fraction of sp³-hybridized carbons (Fsp3) is 0.300. The lowest BCUT2D eigenvalue weighted by atomic mass is 10.2. The van der Waals surface area contributed by atoms with Gasteiger partial charge < -0.3 is 4.57 Å². The van der Waals surface area contributed by atoms with E-state index in [9.17, 15) is 12.8 Å². The van der Waals surface area contributed by atoms with E-state index in [2.05, 4.69) is 28.8 Å². The second-order valence-corrected chi connectivity index (χ2v) is 10.2. The van der Waals surface area contributed by atoms with Crippen LogP contribution in [-0.4, -0.2) is 23.2 Å². The fourth-order valence-electron chi connectivity index (χ4n) is 2.72. The number of nitrogens with one attached hydrogen (secondary N) is 1. The molecule has 3 aromatic rings. The topological polar surface area (TPSA) is 76.9 Å². The zero-order valence-corrected chi connectivity index (χ0v) is 18.9. The first-order chi connectivity index (χ1) is 14.3. The average molecular weight is 469 g/mol. The van der Waals surface area contributed by atoms with Gasteiger partial charge in [-0.1, -0.05) is 55.4 Å². The molecule has 2 aromatic carbocycles. The molecule has 30 heavy (non-hydrogen) atoms. The van der Waals surface area contributed by atoms with E-state index in [4.69, 9.17) is 11.6 Å². The molecule has 1 heterocycles. The Kier molecular flexibility index (Phi) is 7.51. The molecule has 0 amide bonds. The van der Waals surface area contributed by atoms with Crippen molar-refractivity contribution in [3.05, 3.63) is 70.8 Å². The monoisotopic (exact) mass is 468 g/mol. The molecule has 0 radical (unpaired) electrons. The Morgan fingerprint density at radius 1 is 1.13 bits per heavy atom. The van der Waals surface area contributed by atoms with Crippen molar-refractivity contribution in [2.45, 2.75) is 42.7 Å². The Bertz CT molecular complexity index is 1100. The number of hydrogen-bond donors (Lipinski definition) is 1. The number of aromatic nitrogens is 3. The standard InChI is InChI=1S/C20H22ClFN4O2S2/c1-14(2)12-26-19(11-23-30(27,28)17-9-7-16(22)8-10-17)24-25-20(26)29-13-15-5-3-4-6-18(15)21/h3-10,14,23H,11-13H2,1-2H3. The molecule has 160 valence electrons. The van der Waals surface area contributed by atoms with Gasteiger partial charge in [-0.2, -0.15) is 0 Å². The first-order valence-electron chi connectivity index (χ1n) is 9.30. The van der Waals surface area contributed by atoms with Gasteiger partial charge in [0.1, 0.15) is 11.6 Å². The smallest absolute Gasteiger partial charge is 0.240 e. The summed E-state index contributed by atoms with van der Waals surface area (Å²) >= 11 is 7.73. The van der Waals surface area contributed by atoms with Crippen LogP contribution in [0, 0.1) is 11.7 Å². The Morgan fingerprint density at radius 2 is 1.83 bits per heavy atom. The molecule has 6 nitrogen and oxygen atoms in total. The highest BCUT2D eigenvalue weighted by molar-refractivity contribution is 7.98. The van der Waals surface area contributed by atoms with Crippen LogP contribution in [0.5, 0.6) is 0 Å². The van der Waals surface area contributed by atoms with Gasteiger partial charge in [-0.15, -0.1) is 10.2 Å². The van der Waals surface area contributed by atoms with Gasteiger partial charge in [0.15, 0.2) is 5.16 Å². The van der Waals surface area contributed by atoms with Crippen LogP contribution in [-0.2, 0) is 28.9 Å². The molecule has 0 aliphatic carbocycles. The highest BCUT2D eigenvalue weighted by Crippen LogP contribution is 2.26. The van der Waals surface area contributed by atoms with Crippen LogP contribution in [0.15, 0.2) is 58.6 Å². The van der Waals surface area contributed by atoms with E-state index in [0.29, 0.717) is 34.2 Å². The number of sulfonamides is 1. The SMILES string of the molecule is CC(C)Cn1c(CNS(=O)(=O)c2ccc(F)cc2)nnc1SCc1ccccc1Cl. The van der Waals surface area contributed by atoms with E-state index >= 15 is 0 Å². The molecule has 0 unspecified atom stereocenters. The third-order valence-corrected chi connectivity index (χ3v) is 7.00. The maximum absolute atomic E-state index is 13.1. The zero-order chi connectivity index (χ0) is 21.7. The maximum atomic E-state index is 13.1. The first kappa shape index (κ1) is 22.7. The van der Waals surface area contributed by atoms with Gasteiger partial charge in [-0.3, -0.25) is 0 Å². The average Bonchev–Trinajstić information content (AvgIpc) is 3.07. The summed E-state index contributed by atoms with van der Waals surface area (Å²) in [6.07, 6.45) is 0. The third-order valence-electron chi connectivity index (χ3n) is 4.20. The van der Waals surface area contributed by atoms with Crippen LogP contribution < -0.4 is 4.72 Å². The quantitative estimate of drug-likeness (QED) is 0.468. The molecule has 0 aliphatic rings. The lowest BCUT2D eigenvalue weighted by molar-refractivity contribution is 0.476. The molecule has 0 saturated heterocycles. The predicted octanol–water partition coefficient (Wildman–Crippen LogP) is 4.50. The second kappa shape index (κ2) is 9.91. The van der Waals surface area contributed by atoms with Gasteiger partial charge in [-0.25, -0.2) is 17.5 Å². The molecule has 0 bridgehead atoms. The molecule has 1 aromatic heterocycles. The molecule has 0 saturated carbocycles. The molecule has 1 N–H and O–H groups in total. The van der Waals surface area contributed by atoms with Crippen molar-refractivity contribution in [3.8, 4) is 0 Å². The largest absolute Gasteiger partial charge is 0.305 e. The van der Waals surface area contributed by atoms with Crippen molar-refractivity contribution >= 4 is 33.4 Å². The Labute approximate surface area is 184 Å². The summed E-state index contributed by atoms with van der Waals surface area (Å²) in [5.74, 6) is 0.951. The summed E-state index contributed by atoms with van der Waals surface area (Å²) in [6, 6.07) is 12.3. The number of halogens is 2. The molecule has 0 fully saturated rings. The predicted molar refractivity (Wildman–Crippen MR) is 116 cm³/mol. The summed E-state index contributed by atoms with van der Waals surface area (Å²) < 4.78 is 42.5. The number of benzene rings is 2. The minimum atomic E-state index is -3.79. The van der Waals surface area contributed by atoms with Crippen molar-refractivity contribution in [1.82, 2.24) is 19.5 Å². The lowest BCUT2D eigenvalue weighted by Crippen LogP contribution is -2.25. The summed E-state index contributed by atoms with van der Waals surface area (Å²) in [6.45, 7) is 4.75. The second-order valence-electron chi connectivity index (χ2n) is 7.06. The first-order valence-corrected chi connectivity index (χ1v) is 12.1. The normalized spacial score (nSPS) is 11.9. The maximum Gasteiger partial charge on any atom is 0.240 e. The van der Waals surface area contributed by atoms with Crippen LogP contribution in [0.3, 0.4) is 0 Å². The Hall–Kier alpha value is -1.94. The van der Waals surface area contributed by atoms with E-state index < -0.39 is 15.8 Å². The molecule has 0 spiro atoms. The van der Waals surface area contributed by atoms with Crippen molar-refractivity contribution < 1.29 is 12.8 Å². The minimum Gasteiger partial charge on any atom is -0.305 e. The zero-order valence-electron chi connectivity index (χ0n) is 16.5. The van der Waals surface area contributed by atoms with Gasteiger partial charge in [0.2, 0.25) is 10.0 Å². The fourth-order valence-corrected chi connectivity index (χ4v) is 4.95. The van der Waals surface area contributed by atoms with Crippen molar-refractivity contribution in [2.75, 3.05) is 0 Å². The van der Waals surface area contributed by atoms with Crippen LogP contribution in [0.4, 0.5) is 4.39 Å². The van der Waals surface area contributed by atoms with E-state index in [1.165, 1.54) is 23.9 Å². The van der Waals surface area contributed by atoms with Gasteiger partial charge >= 0.3 is 0 Å². The third kappa shape index (κ3) is 5.81. The van der Waals surface area contributed by atoms with Crippen LogP contribution in [0.1, 0.15) is 25.2 Å². The highest BCUT2D eigenvalue weighted by atomic mass is 35.5. The van der Waals surface area contributed by atoms with Crippen LogP contribution in [0.25, 0.3) is 0 Å². The van der Waals surface area contributed by atoms with Gasteiger partial charge in [-0.05, 0) is 41.8 Å². The summed E-state index contributed by atoms with van der Waals surface area (Å²) in [7, 11) is -3.79. The lowest BCUT2D eigenvalue weighted by Gasteiger charge is -2.13. The summed E-state index contributed by atoms with van der Waals surface area (Å²) in [5, 5.41) is 9.82. The van der Waals surface area contributed by atoms with E-state index in [-0.39, 0.29) is 11.4 Å². The van der Waals surface area contributed by atoms with Crippen molar-refractivity contribution in [3.63, 3.8) is 0 Å². The van der Waals surface area contributed by atoms with Gasteiger partial charge in [0.25, 0.3) is 0 Å². The number of thioether (sulfide) groups is 1. The summed E-state index contributed by atoms with van der Waals surface area (Å²) in [4.78, 5) is -0.00728. The minimum absolute atomic E-state index is 0.00728. The molecular formula is C20H22ClFN4O2S2. The van der Waals surface area contributed by atoms with E-state index in [1.807, 2.05) is 28.8 Å². The molecule has 0 atom stereocenters. The van der Waals surface area contributed by atoms with Crippen molar-refractivity contribution in [1.29, 1.82) is 0 Å². The Balaban J connectivity index is 1.76. The van der Waals surface area contributed by atoms with Crippen LogP contribution in [0.2, 0.25) is 5.02 Å². The number of hydrogen-bond acceptors (Lipinski definition) is 5. The van der Waals surface area contributed by atoms with Gasteiger partial charge in [0.05, 0.1) is 11.4 Å². The highest BCUT2D eigenvalue weighted by Gasteiger charge is 2.19. The van der Waals surface area contributed by atoms with E-state index in [1.54, 1.807) is 0 Å². The Morgan fingerprint density at radius 3 is 2.50 bits per heavy atom.